The van der Waals surface area contributed by atoms with E-state index in [0.717, 1.165) is 18.5 Å². The van der Waals surface area contributed by atoms with E-state index in [9.17, 15) is 8.42 Å². The van der Waals surface area contributed by atoms with Crippen molar-refractivity contribution in [1.29, 1.82) is 0 Å². The third-order valence-electron chi connectivity index (χ3n) is 3.95. The fraction of sp³-hybridized carbons (Fsp3) is 0.294. The molecule has 21 heavy (non-hydrogen) atoms. The molecule has 3 nitrogen and oxygen atoms in total. The van der Waals surface area contributed by atoms with Gasteiger partial charge in [-0.2, -0.15) is 0 Å². The molecule has 2 aromatic carbocycles. The average Bonchev–Trinajstić information content (AvgIpc) is 2.51. The summed E-state index contributed by atoms with van der Waals surface area (Å²) in [5, 5.41) is 3.50. The summed E-state index contributed by atoms with van der Waals surface area (Å²) in [5.74, 6) is 0.229. The minimum Gasteiger partial charge on any atom is -0.310 e. The highest BCUT2D eigenvalue weighted by Gasteiger charge is 2.29. The zero-order valence-electron chi connectivity index (χ0n) is 11.8. The van der Waals surface area contributed by atoms with E-state index in [1.807, 2.05) is 30.3 Å². The number of benzene rings is 2. The molecule has 2 aromatic rings. The van der Waals surface area contributed by atoms with Crippen LogP contribution in [-0.4, -0.2) is 20.7 Å². The Bertz CT molecular complexity index is 711. The number of hydrogen-bond donors (Lipinski definition) is 1. The Balaban J connectivity index is 1.70. The maximum atomic E-state index is 12.1. The standard InChI is InChI=1S/C17H19NO2S/c19-21(20)13-11-16(15-8-4-5-9-17(15)21)18-12-10-14-6-2-1-3-7-14/h1-9,16,18H,10-13H2. The van der Waals surface area contributed by atoms with Gasteiger partial charge in [-0.25, -0.2) is 8.42 Å². The van der Waals surface area contributed by atoms with Gasteiger partial charge in [0.2, 0.25) is 0 Å². The van der Waals surface area contributed by atoms with Crippen LogP contribution in [0, 0.1) is 0 Å². The van der Waals surface area contributed by atoms with Crippen molar-refractivity contribution >= 4 is 9.84 Å². The molecule has 0 bridgehead atoms. The van der Waals surface area contributed by atoms with Gasteiger partial charge in [-0.3, -0.25) is 0 Å². The first-order valence-electron chi connectivity index (χ1n) is 7.26. The lowest BCUT2D eigenvalue weighted by Gasteiger charge is -2.26. The van der Waals surface area contributed by atoms with Crippen LogP contribution in [-0.2, 0) is 16.3 Å². The number of rotatable bonds is 4. The average molecular weight is 301 g/mol. The number of sulfone groups is 1. The summed E-state index contributed by atoms with van der Waals surface area (Å²) in [6.45, 7) is 0.850. The van der Waals surface area contributed by atoms with Crippen LogP contribution in [0.5, 0.6) is 0 Å². The minimum atomic E-state index is -3.09. The Labute approximate surface area is 125 Å². The normalized spacial score (nSPS) is 19.9. The monoisotopic (exact) mass is 301 g/mol. The molecule has 1 atom stereocenters. The first-order valence-corrected chi connectivity index (χ1v) is 8.91. The van der Waals surface area contributed by atoms with Gasteiger partial charge in [-0.1, -0.05) is 48.5 Å². The van der Waals surface area contributed by atoms with Crippen LogP contribution in [0.25, 0.3) is 0 Å². The largest absolute Gasteiger partial charge is 0.310 e. The fourth-order valence-electron chi connectivity index (χ4n) is 2.84. The van der Waals surface area contributed by atoms with Crippen molar-refractivity contribution in [2.75, 3.05) is 12.3 Å². The van der Waals surface area contributed by atoms with E-state index in [4.69, 9.17) is 0 Å². The van der Waals surface area contributed by atoms with E-state index in [1.165, 1.54) is 5.56 Å². The quantitative estimate of drug-likeness (QED) is 0.944. The van der Waals surface area contributed by atoms with E-state index in [0.29, 0.717) is 11.3 Å². The Hall–Kier alpha value is -1.65. The van der Waals surface area contributed by atoms with E-state index in [-0.39, 0.29) is 11.8 Å². The third-order valence-corrected chi connectivity index (χ3v) is 5.77. The summed E-state index contributed by atoms with van der Waals surface area (Å²) in [5.41, 5.74) is 2.21. The van der Waals surface area contributed by atoms with Crippen molar-refractivity contribution in [2.45, 2.75) is 23.8 Å². The van der Waals surface area contributed by atoms with Crippen LogP contribution in [0.15, 0.2) is 59.5 Å². The molecule has 1 aliphatic heterocycles. The molecule has 1 aliphatic rings. The van der Waals surface area contributed by atoms with Crippen molar-refractivity contribution < 1.29 is 8.42 Å². The van der Waals surface area contributed by atoms with Crippen LogP contribution in [0.4, 0.5) is 0 Å². The summed E-state index contributed by atoms with van der Waals surface area (Å²) >= 11 is 0. The Kier molecular flexibility index (Phi) is 4.08. The highest BCUT2D eigenvalue weighted by molar-refractivity contribution is 7.91. The van der Waals surface area contributed by atoms with Crippen molar-refractivity contribution in [1.82, 2.24) is 5.32 Å². The highest BCUT2D eigenvalue weighted by Crippen LogP contribution is 2.31. The van der Waals surface area contributed by atoms with E-state index in [2.05, 4.69) is 17.4 Å². The summed E-state index contributed by atoms with van der Waals surface area (Å²) in [6.07, 6.45) is 1.60. The molecule has 0 radical (unpaired) electrons. The van der Waals surface area contributed by atoms with Gasteiger partial charge in [0.05, 0.1) is 10.6 Å². The van der Waals surface area contributed by atoms with Crippen molar-refractivity contribution in [3.63, 3.8) is 0 Å². The second kappa shape index (κ2) is 6.00. The van der Waals surface area contributed by atoms with E-state index >= 15 is 0 Å². The molecule has 0 aromatic heterocycles. The zero-order chi connectivity index (χ0) is 14.7. The van der Waals surface area contributed by atoms with Gasteiger partial charge in [0.1, 0.15) is 0 Å². The molecule has 1 unspecified atom stereocenters. The SMILES string of the molecule is O=S1(=O)CCC(NCCc2ccccc2)c2ccccc21. The molecule has 0 aliphatic carbocycles. The maximum absolute atomic E-state index is 12.1. The van der Waals surface area contributed by atoms with E-state index < -0.39 is 9.84 Å². The number of fused-ring (bicyclic) bond motifs is 1. The Morgan fingerprint density at radius 3 is 2.52 bits per heavy atom. The van der Waals surface area contributed by atoms with Gasteiger partial charge in [-0.15, -0.1) is 0 Å². The van der Waals surface area contributed by atoms with Gasteiger partial charge in [0, 0.05) is 6.04 Å². The Morgan fingerprint density at radius 2 is 1.71 bits per heavy atom. The zero-order valence-corrected chi connectivity index (χ0v) is 12.6. The summed E-state index contributed by atoms with van der Waals surface area (Å²) < 4.78 is 24.2. The highest BCUT2D eigenvalue weighted by atomic mass is 32.2. The van der Waals surface area contributed by atoms with Gasteiger partial charge in [0.15, 0.2) is 9.84 Å². The Morgan fingerprint density at radius 1 is 1.00 bits per heavy atom. The van der Waals surface area contributed by atoms with Gasteiger partial charge >= 0.3 is 0 Å². The van der Waals surface area contributed by atoms with Gasteiger partial charge in [-0.05, 0) is 36.6 Å². The number of hydrogen-bond acceptors (Lipinski definition) is 3. The second-order valence-electron chi connectivity index (χ2n) is 5.39. The smallest absolute Gasteiger partial charge is 0.178 e. The second-order valence-corrected chi connectivity index (χ2v) is 7.47. The molecule has 3 rings (SSSR count). The maximum Gasteiger partial charge on any atom is 0.178 e. The molecule has 0 saturated heterocycles. The molecule has 0 amide bonds. The molecule has 0 saturated carbocycles. The third kappa shape index (κ3) is 3.17. The van der Waals surface area contributed by atoms with Crippen LogP contribution in [0.3, 0.4) is 0 Å². The first kappa shape index (κ1) is 14.3. The summed E-state index contributed by atoms with van der Waals surface area (Å²) in [4.78, 5) is 0.494. The molecule has 0 fully saturated rings. The lowest BCUT2D eigenvalue weighted by atomic mass is 10.0. The predicted molar refractivity (Wildman–Crippen MR) is 84.0 cm³/mol. The first-order chi connectivity index (χ1) is 10.2. The van der Waals surface area contributed by atoms with E-state index in [1.54, 1.807) is 12.1 Å². The summed E-state index contributed by atoms with van der Waals surface area (Å²) in [6, 6.07) is 17.8. The summed E-state index contributed by atoms with van der Waals surface area (Å²) in [7, 11) is -3.09. The molecular formula is C17H19NO2S. The van der Waals surface area contributed by atoms with Crippen LogP contribution < -0.4 is 5.32 Å². The van der Waals surface area contributed by atoms with Gasteiger partial charge < -0.3 is 5.32 Å². The lowest BCUT2D eigenvalue weighted by Crippen LogP contribution is -2.31. The lowest BCUT2D eigenvalue weighted by molar-refractivity contribution is 0.495. The predicted octanol–water partition coefficient (Wildman–Crippen LogP) is 2.74. The minimum absolute atomic E-state index is 0.133. The van der Waals surface area contributed by atoms with Gasteiger partial charge in [0.25, 0.3) is 0 Å². The van der Waals surface area contributed by atoms with Crippen molar-refractivity contribution in [2.24, 2.45) is 0 Å². The molecule has 4 heteroatoms. The topological polar surface area (TPSA) is 46.2 Å². The molecular weight excluding hydrogens is 282 g/mol. The fourth-order valence-corrected chi connectivity index (χ4v) is 4.46. The van der Waals surface area contributed by atoms with Crippen LogP contribution in [0.2, 0.25) is 0 Å². The molecule has 1 heterocycles. The number of nitrogens with one attached hydrogen (secondary N) is 1. The van der Waals surface area contributed by atoms with Crippen molar-refractivity contribution in [3.8, 4) is 0 Å². The van der Waals surface area contributed by atoms with Crippen LogP contribution in [0.1, 0.15) is 23.6 Å². The van der Waals surface area contributed by atoms with Crippen molar-refractivity contribution in [3.05, 3.63) is 65.7 Å². The molecule has 0 spiro atoms. The molecule has 1 N–H and O–H groups in total. The van der Waals surface area contributed by atoms with Crippen LogP contribution >= 0.6 is 0 Å². The molecule has 110 valence electrons.